The van der Waals surface area contributed by atoms with Crippen LogP contribution in [0.4, 0.5) is 4.39 Å². The highest BCUT2D eigenvalue weighted by atomic mass is 32.2. The molecule has 0 aliphatic rings. The van der Waals surface area contributed by atoms with E-state index in [2.05, 4.69) is 0 Å². The van der Waals surface area contributed by atoms with E-state index in [0.717, 1.165) is 8.87 Å². The maximum Gasteiger partial charge on any atom is 0.317 e. The van der Waals surface area contributed by atoms with Crippen LogP contribution in [-0.4, -0.2) is 43.1 Å². The Morgan fingerprint density at radius 2 is 1.67 bits per heavy atom. The first kappa shape index (κ1) is 21.7. The highest BCUT2D eigenvalue weighted by Gasteiger charge is 2.21. The number of fused-ring (bicyclic) bond motifs is 1. The molecule has 3 aromatic rings. The fraction of sp³-hybridized carbons (Fsp3) is 0.300. The molecule has 0 amide bonds. The van der Waals surface area contributed by atoms with Crippen LogP contribution in [0.2, 0.25) is 0 Å². The first-order chi connectivity index (χ1) is 14.1. The lowest BCUT2D eigenvalue weighted by Gasteiger charge is -2.17. The highest BCUT2D eigenvalue weighted by molar-refractivity contribution is 7.89. The third-order valence-electron chi connectivity index (χ3n) is 4.87. The lowest BCUT2D eigenvalue weighted by molar-refractivity contribution is 0.407. The molecular formula is C20H22FN3O5S. The molecule has 160 valence electrons. The Bertz CT molecular complexity index is 1340. The number of methoxy groups -OCH3 is 1. The Labute approximate surface area is 172 Å². The molecule has 1 heterocycles. The number of hydrogen-bond acceptors (Lipinski definition) is 5. The van der Waals surface area contributed by atoms with E-state index in [1.165, 1.54) is 62.2 Å². The van der Waals surface area contributed by atoms with Crippen LogP contribution in [-0.2, 0) is 23.1 Å². The van der Waals surface area contributed by atoms with Gasteiger partial charge in [-0.3, -0.25) is 14.2 Å². The van der Waals surface area contributed by atoms with Gasteiger partial charge in [-0.25, -0.2) is 17.1 Å². The van der Waals surface area contributed by atoms with Gasteiger partial charge in [-0.15, -0.1) is 0 Å². The molecule has 0 bridgehead atoms. The van der Waals surface area contributed by atoms with E-state index >= 15 is 0 Å². The van der Waals surface area contributed by atoms with E-state index in [1.807, 2.05) is 0 Å². The first-order valence-corrected chi connectivity index (χ1v) is 10.6. The fourth-order valence-corrected chi connectivity index (χ4v) is 4.20. The van der Waals surface area contributed by atoms with Gasteiger partial charge in [0.2, 0.25) is 10.0 Å². The van der Waals surface area contributed by atoms with E-state index in [1.54, 1.807) is 6.92 Å². The number of rotatable bonds is 6. The van der Waals surface area contributed by atoms with Crippen molar-refractivity contribution in [2.75, 3.05) is 21.2 Å². The summed E-state index contributed by atoms with van der Waals surface area (Å²) in [5, 5.41) is 0. The van der Waals surface area contributed by atoms with Crippen LogP contribution in [0.1, 0.15) is 12.5 Å². The third kappa shape index (κ3) is 3.63. The van der Waals surface area contributed by atoms with Crippen LogP contribution < -0.4 is 15.9 Å². The van der Waals surface area contributed by atoms with Crippen LogP contribution in [0, 0.1) is 5.82 Å². The largest absolute Gasteiger partial charge is 0.496 e. The summed E-state index contributed by atoms with van der Waals surface area (Å²) in [6, 6.07) is 8.09. The van der Waals surface area contributed by atoms with Crippen LogP contribution >= 0.6 is 0 Å². The summed E-state index contributed by atoms with van der Waals surface area (Å²) in [5.74, 6) is -0.186. The topological polar surface area (TPSA) is 90.6 Å². The Morgan fingerprint density at radius 1 is 1.00 bits per heavy atom. The van der Waals surface area contributed by atoms with Crippen molar-refractivity contribution in [2.45, 2.75) is 24.9 Å². The van der Waals surface area contributed by atoms with Crippen molar-refractivity contribution in [2.24, 2.45) is 0 Å². The van der Waals surface area contributed by atoms with E-state index in [4.69, 9.17) is 4.74 Å². The maximum absolute atomic E-state index is 13.8. The quantitative estimate of drug-likeness (QED) is 0.549. The molecule has 1 aromatic heterocycles. The van der Waals surface area contributed by atoms with Crippen molar-refractivity contribution >= 4 is 21.1 Å². The molecule has 0 radical (unpaired) electrons. The zero-order valence-corrected chi connectivity index (χ0v) is 17.9. The van der Waals surface area contributed by atoms with Crippen LogP contribution in [0.5, 0.6) is 5.75 Å². The number of halogens is 1. The standard InChI is InChI=1S/C20H22FN3O5S/c1-5-23-16-8-7-15(30(27,28)22(2)3)11-17(16)24(20(26)19(23)25)12-13-10-14(21)6-9-18(13)29-4/h6-11H,5,12H2,1-4H3. The van der Waals surface area contributed by atoms with Crippen molar-refractivity contribution in [1.29, 1.82) is 0 Å². The zero-order valence-electron chi connectivity index (χ0n) is 17.0. The average Bonchev–Trinajstić information content (AvgIpc) is 2.71. The van der Waals surface area contributed by atoms with Gasteiger partial charge in [-0.1, -0.05) is 0 Å². The van der Waals surface area contributed by atoms with Gasteiger partial charge >= 0.3 is 11.1 Å². The molecule has 3 rings (SSSR count). The van der Waals surface area contributed by atoms with Gasteiger partial charge in [0.05, 0.1) is 29.6 Å². The number of benzene rings is 2. The van der Waals surface area contributed by atoms with Crippen molar-refractivity contribution in [3.8, 4) is 5.75 Å². The summed E-state index contributed by atoms with van der Waals surface area (Å²) in [6.45, 7) is 1.78. The van der Waals surface area contributed by atoms with Gasteiger partial charge < -0.3 is 9.30 Å². The summed E-state index contributed by atoms with van der Waals surface area (Å²) in [7, 11) is 0.437. The predicted molar refractivity (Wildman–Crippen MR) is 111 cm³/mol. The normalized spacial score (nSPS) is 11.9. The molecule has 0 spiro atoms. The number of hydrogen-bond donors (Lipinski definition) is 0. The Morgan fingerprint density at radius 3 is 2.27 bits per heavy atom. The van der Waals surface area contributed by atoms with Crippen LogP contribution in [0.3, 0.4) is 0 Å². The number of ether oxygens (including phenoxy) is 1. The lowest BCUT2D eigenvalue weighted by atomic mass is 10.1. The average molecular weight is 435 g/mol. The van der Waals surface area contributed by atoms with Crippen molar-refractivity contribution in [3.63, 3.8) is 0 Å². The molecule has 0 unspecified atom stereocenters. The second-order valence-corrected chi connectivity index (χ2v) is 8.99. The summed E-state index contributed by atoms with van der Waals surface area (Å²) >= 11 is 0. The Kier molecular flexibility index (Phi) is 5.82. The predicted octanol–water partition coefficient (Wildman–Crippen LogP) is 1.63. The zero-order chi connectivity index (χ0) is 22.2. The van der Waals surface area contributed by atoms with Crippen LogP contribution in [0.25, 0.3) is 11.0 Å². The number of aryl methyl sites for hydroxylation is 1. The fourth-order valence-electron chi connectivity index (χ4n) is 3.28. The van der Waals surface area contributed by atoms with Crippen molar-refractivity contribution in [1.82, 2.24) is 13.4 Å². The molecule has 30 heavy (non-hydrogen) atoms. The number of nitrogens with zero attached hydrogens (tertiary/aromatic N) is 3. The molecule has 2 aromatic carbocycles. The molecule has 0 fully saturated rings. The summed E-state index contributed by atoms with van der Waals surface area (Å²) in [4.78, 5) is 25.5. The van der Waals surface area contributed by atoms with Crippen molar-refractivity contribution in [3.05, 3.63) is 68.5 Å². The van der Waals surface area contributed by atoms with Gasteiger partial charge in [0.25, 0.3) is 0 Å². The second kappa shape index (κ2) is 8.04. The van der Waals surface area contributed by atoms with E-state index in [0.29, 0.717) is 16.8 Å². The summed E-state index contributed by atoms with van der Waals surface area (Å²) in [6.07, 6.45) is 0. The molecule has 0 saturated carbocycles. The van der Waals surface area contributed by atoms with E-state index in [9.17, 15) is 22.4 Å². The Balaban J connectivity index is 2.38. The summed E-state index contributed by atoms with van der Waals surface area (Å²) < 4.78 is 47.7. The molecule has 8 nitrogen and oxygen atoms in total. The minimum atomic E-state index is -3.77. The Hall–Kier alpha value is -2.98. The lowest BCUT2D eigenvalue weighted by Crippen LogP contribution is -2.41. The number of sulfonamides is 1. The molecule has 0 aliphatic heterocycles. The second-order valence-electron chi connectivity index (χ2n) is 6.83. The molecule has 0 aliphatic carbocycles. The molecule has 10 heteroatoms. The monoisotopic (exact) mass is 435 g/mol. The smallest absolute Gasteiger partial charge is 0.317 e. The van der Waals surface area contributed by atoms with Gasteiger partial charge in [0, 0.05) is 26.2 Å². The molecule has 0 atom stereocenters. The molecular weight excluding hydrogens is 413 g/mol. The molecule has 0 N–H and O–H groups in total. The van der Waals surface area contributed by atoms with E-state index in [-0.39, 0.29) is 23.5 Å². The van der Waals surface area contributed by atoms with Gasteiger partial charge in [0.15, 0.2) is 0 Å². The first-order valence-electron chi connectivity index (χ1n) is 9.14. The minimum Gasteiger partial charge on any atom is -0.496 e. The summed E-state index contributed by atoms with van der Waals surface area (Å²) in [5.41, 5.74) is -0.597. The van der Waals surface area contributed by atoms with Gasteiger partial charge in [-0.2, -0.15) is 0 Å². The third-order valence-corrected chi connectivity index (χ3v) is 6.68. The maximum atomic E-state index is 13.8. The van der Waals surface area contributed by atoms with E-state index < -0.39 is 27.0 Å². The molecule has 0 saturated heterocycles. The van der Waals surface area contributed by atoms with Gasteiger partial charge in [-0.05, 0) is 43.3 Å². The SMILES string of the molecule is CCn1c(=O)c(=O)n(Cc2cc(F)ccc2OC)c2cc(S(=O)(=O)N(C)C)ccc21. The van der Waals surface area contributed by atoms with Crippen LogP contribution in [0.15, 0.2) is 50.9 Å². The minimum absolute atomic E-state index is 0.0272. The highest BCUT2D eigenvalue weighted by Crippen LogP contribution is 2.23. The van der Waals surface area contributed by atoms with Gasteiger partial charge in [0.1, 0.15) is 11.6 Å². The number of aromatic nitrogens is 2. The van der Waals surface area contributed by atoms with Crippen molar-refractivity contribution < 1.29 is 17.5 Å².